The summed E-state index contributed by atoms with van der Waals surface area (Å²) in [6.45, 7) is 19.4. The SMILES string of the molecule is CC(C)(C)[Si](C)(C)OC[C@H]1O[C@@H](n2ccc(NCc3ccc(C#CCNC(=O)C(F)(F)F)cc3[N+](=O)[O-])nc2=O)CC1O[Si](C)(C)C(C)(C)C.NCC#Cc1ccc(CNc2ccn([C@H]3CC(O)[C@@H](COP(=O)(O)OP(=O)(O)OP(=O)(O)O)O3)c(=O)n2)c([N+](=O)[O-])c1.O=C(NCC#Cc1ccc(CNc2ccn([C@H]3CC(O)[C@@H](CO)O3)c(=O)n2)c([N+](=O)[O-])c1)C(F)(F)F. The Labute approximate surface area is 725 Å². The molecule has 5 unspecified atom stereocenters. The van der Waals surface area contributed by atoms with E-state index in [2.05, 4.69) is 147 Å². The molecule has 6 heterocycles. The van der Waals surface area contributed by atoms with Crippen molar-refractivity contribution in [3.05, 3.63) is 187 Å². The summed E-state index contributed by atoms with van der Waals surface area (Å²) in [4.78, 5) is 140. The van der Waals surface area contributed by atoms with Crippen LogP contribution in [0.4, 0.5) is 60.9 Å². The van der Waals surface area contributed by atoms with Crippen molar-refractivity contribution in [1.29, 1.82) is 0 Å². The number of carbonyl (C=O) groups excluding carboxylic acids is 2. The van der Waals surface area contributed by atoms with Crippen molar-refractivity contribution in [2.45, 2.75) is 184 Å². The van der Waals surface area contributed by atoms with E-state index in [0.29, 0.717) is 18.6 Å². The number of nitrogens with zero attached hydrogens (tertiary/aromatic N) is 9. The number of alkyl halides is 6. The lowest BCUT2D eigenvalue weighted by Crippen LogP contribution is -2.48. The van der Waals surface area contributed by atoms with Gasteiger partial charge in [0.2, 0.25) is 0 Å². The van der Waals surface area contributed by atoms with Crippen LogP contribution < -0.4 is 49.4 Å². The number of ether oxygens (including phenoxy) is 3. The normalized spacial score (nSPS) is 19.8. The average molecular weight is 1910 g/mol. The number of nitro groups is 3. The number of benzene rings is 3. The number of carbonyl (C=O) groups is 2. The Morgan fingerprint density at radius 1 is 0.547 bits per heavy atom. The number of phosphoric acid groups is 3. The summed E-state index contributed by atoms with van der Waals surface area (Å²) >= 11 is 0. The fraction of sp³-hybridized carbons (Fsp3) is 0.479. The first-order valence-corrected chi connectivity index (χ1v) is 48.4. The van der Waals surface area contributed by atoms with Crippen LogP contribution in [-0.4, -0.2) is 195 Å². The molecule has 9 rings (SSSR count). The van der Waals surface area contributed by atoms with Gasteiger partial charge in [-0.15, -0.1) is 0 Å². The molecule has 3 saturated heterocycles. The lowest BCUT2D eigenvalue weighted by atomic mass is 10.1. The molecule has 0 saturated carbocycles. The van der Waals surface area contributed by atoms with E-state index in [4.69, 9.17) is 43.7 Å². The highest BCUT2D eigenvalue weighted by Crippen LogP contribution is 2.66. The number of nitrogens with one attached hydrogen (secondary N) is 5. The first kappa shape index (κ1) is 105. The average Bonchev–Trinajstić information content (AvgIpc) is 1.64. The van der Waals surface area contributed by atoms with Gasteiger partial charge in [0, 0.05) is 109 Å². The van der Waals surface area contributed by atoms with E-state index in [1.54, 1.807) is 29.0 Å². The number of hydrogen-bond acceptors (Lipinski definition) is 32. The van der Waals surface area contributed by atoms with E-state index in [0.717, 1.165) is 15.2 Å². The van der Waals surface area contributed by atoms with E-state index in [-0.39, 0.29) is 124 Å². The van der Waals surface area contributed by atoms with Gasteiger partial charge in [-0.1, -0.05) is 77.1 Å². The predicted molar refractivity (Wildman–Crippen MR) is 444 cm³/mol. The van der Waals surface area contributed by atoms with Crippen molar-refractivity contribution < 1.29 is 135 Å². The highest BCUT2D eigenvalue weighted by Gasteiger charge is 2.49. The fourth-order valence-electron chi connectivity index (χ4n) is 11.3. The molecule has 0 spiro atoms. The molecule has 0 aliphatic carbocycles. The molecule has 3 aromatic heterocycles. The van der Waals surface area contributed by atoms with Gasteiger partial charge in [0.1, 0.15) is 54.4 Å². The number of aromatic nitrogens is 6. The minimum atomic E-state index is -5.73. The van der Waals surface area contributed by atoms with E-state index < -0.39 is 166 Å². The molecule has 3 fully saturated rings. The maximum Gasteiger partial charge on any atom is 0.490 e. The summed E-state index contributed by atoms with van der Waals surface area (Å²) in [6.07, 6.45) is -13.3. The minimum absolute atomic E-state index is 0.00366. The van der Waals surface area contributed by atoms with Crippen LogP contribution in [0.3, 0.4) is 0 Å². The lowest BCUT2D eigenvalue weighted by molar-refractivity contribution is -0.385. The molecule has 698 valence electrons. The number of aliphatic hydroxyl groups excluding tert-OH is 3. The molecular formula is C73H92F6N15O29P3Si2. The Morgan fingerprint density at radius 3 is 1.24 bits per heavy atom. The summed E-state index contributed by atoms with van der Waals surface area (Å²) < 4.78 is 153. The highest BCUT2D eigenvalue weighted by molar-refractivity contribution is 7.66. The number of anilines is 3. The fourth-order valence-corrected chi connectivity index (χ4v) is 16.7. The third-order valence-electron chi connectivity index (χ3n) is 19.9. The molecule has 55 heteroatoms. The Bertz CT molecular complexity index is 5590. The van der Waals surface area contributed by atoms with E-state index in [1.165, 1.54) is 71.6 Å². The van der Waals surface area contributed by atoms with Gasteiger partial charge in [0.15, 0.2) is 16.6 Å². The van der Waals surface area contributed by atoms with Gasteiger partial charge in [-0.3, -0.25) is 58.2 Å². The lowest BCUT2D eigenvalue weighted by Gasteiger charge is -2.40. The van der Waals surface area contributed by atoms with Crippen LogP contribution in [0.5, 0.6) is 0 Å². The molecule has 3 aliphatic heterocycles. The minimum Gasteiger partial charge on any atom is -0.414 e. The second-order valence-electron chi connectivity index (χ2n) is 31.1. The number of hydrogen-bond donors (Lipinski definition) is 13. The van der Waals surface area contributed by atoms with Crippen molar-refractivity contribution in [2.24, 2.45) is 5.73 Å². The summed E-state index contributed by atoms with van der Waals surface area (Å²) in [5.41, 5.74) is 3.82. The smallest absolute Gasteiger partial charge is 0.414 e. The number of nitrogens with two attached hydrogens (primary N) is 1. The van der Waals surface area contributed by atoms with E-state index >= 15 is 0 Å². The van der Waals surface area contributed by atoms with Crippen molar-refractivity contribution in [3.8, 4) is 35.5 Å². The molecule has 0 bridgehead atoms. The Morgan fingerprint density at radius 2 is 0.906 bits per heavy atom. The summed E-state index contributed by atoms with van der Waals surface area (Å²) in [7, 11) is -21.1. The maximum absolute atomic E-state index is 13.3. The first-order chi connectivity index (χ1) is 59.3. The van der Waals surface area contributed by atoms with E-state index in [9.17, 15) is 114 Å². The summed E-state index contributed by atoms with van der Waals surface area (Å²) in [6, 6.07) is 16.7. The van der Waals surface area contributed by atoms with Crippen LogP contribution in [0, 0.1) is 65.9 Å². The van der Waals surface area contributed by atoms with Gasteiger partial charge in [-0.2, -0.15) is 49.9 Å². The number of rotatable bonds is 30. The number of amides is 2. The second kappa shape index (κ2) is 43.8. The number of aliphatic hydroxyl groups is 3. The van der Waals surface area contributed by atoms with Crippen LogP contribution in [-0.2, 0) is 79.1 Å². The number of phosphoric ester groups is 1. The van der Waals surface area contributed by atoms with Gasteiger partial charge in [-0.05, 0) is 90.9 Å². The van der Waals surface area contributed by atoms with Gasteiger partial charge in [-0.25, -0.2) is 28.1 Å². The zero-order valence-electron chi connectivity index (χ0n) is 69.7. The molecule has 14 N–H and O–H groups in total. The zero-order chi connectivity index (χ0) is 95.6. The van der Waals surface area contributed by atoms with Crippen LogP contribution >= 0.6 is 23.5 Å². The molecule has 6 aromatic rings. The van der Waals surface area contributed by atoms with E-state index in [1.807, 2.05) is 0 Å². The Kier molecular flexibility index (Phi) is 35.8. The van der Waals surface area contributed by atoms with Gasteiger partial charge >= 0.3 is 64.7 Å². The molecule has 0 radical (unpaired) electrons. The zero-order valence-corrected chi connectivity index (χ0v) is 74.3. The first-order valence-electron chi connectivity index (χ1n) is 38.0. The molecule has 3 aromatic carbocycles. The number of nitro benzene ring substituents is 3. The van der Waals surface area contributed by atoms with Crippen molar-refractivity contribution in [1.82, 2.24) is 39.3 Å². The van der Waals surface area contributed by atoms with Gasteiger partial charge in [0.25, 0.3) is 17.1 Å². The van der Waals surface area contributed by atoms with Crippen LogP contribution in [0.1, 0.15) is 113 Å². The quantitative estimate of drug-likeness (QED) is 0.00539. The van der Waals surface area contributed by atoms with Gasteiger partial charge < -0.3 is 90.3 Å². The van der Waals surface area contributed by atoms with Crippen molar-refractivity contribution >= 4 is 86.4 Å². The van der Waals surface area contributed by atoms with Crippen molar-refractivity contribution in [2.75, 3.05) is 55.4 Å². The van der Waals surface area contributed by atoms with Crippen LogP contribution in [0.2, 0.25) is 36.3 Å². The molecule has 3 aliphatic rings. The molecule has 11 atom stereocenters. The maximum atomic E-state index is 13.3. The van der Waals surface area contributed by atoms with Crippen molar-refractivity contribution in [3.63, 3.8) is 0 Å². The molecular weight excluding hydrogens is 1810 g/mol. The molecule has 2 amide bonds. The standard InChI is InChI=1S/C33H48F3N5O7Si2.C21H20F3N5O7.C19H24N5O15P3/c1-31(2,3)49(7,8)46-21-26-25(48-50(9,10)32(4,5)6)19-28(47-26)40-17-15-27(39-30(40)43)38-20-23-14-13-22(18-24(23)41(44)45)12-11-16-37-29(42)33(34,35)36;22-21(23,24)19(32)25-6-1-2-12-3-4-13(14(8-12)29(34)35)10-26-17-5-7-28(20(33)27-17)18-9-15(31)16(11-30)36-18;20-6-1-2-12-3-4-13(14(8-12)24(27)28)10-21-17-5-7-23(19(26)22-17)18-9-15(25)16(37-18)11-36-41(32,33)39-42(34,35)38-40(29,30)31/h13-15,17-18,25-26,28H,16,19-21H2,1-10H3,(H,37,42)(H,38,39,43);3-5,7-8,15-16,18,30-31H,6,9-11H2,(H,25,32)(H,26,27,33);3-5,7-8,15-16,18,25H,6,9-11,20H2,(H,32,33)(H,34,35)(H,21,22,26)(H2,29,30,31)/t25?,26-,28-;2*15?,16-,18-/m111/s1. The summed E-state index contributed by atoms with van der Waals surface area (Å²) in [5, 5.41) is 75.6. The molecule has 128 heavy (non-hydrogen) atoms. The predicted octanol–water partition coefficient (Wildman–Crippen LogP) is 6.99. The largest absolute Gasteiger partial charge is 0.490 e. The Balaban J connectivity index is 0.000000267. The third kappa shape index (κ3) is 30.9. The molecule has 44 nitrogen and oxygen atoms in total. The monoisotopic (exact) mass is 1910 g/mol. The second-order valence-corrected chi connectivity index (χ2v) is 45.1. The Hall–Kier alpha value is -10.4. The summed E-state index contributed by atoms with van der Waals surface area (Å²) in [5.74, 6) is 10.9. The van der Waals surface area contributed by atoms with Gasteiger partial charge in [0.05, 0.1) is 72.5 Å². The van der Waals surface area contributed by atoms with Crippen LogP contribution in [0.15, 0.2) is 106 Å². The third-order valence-corrected chi connectivity index (χ3v) is 32.7. The van der Waals surface area contributed by atoms with Crippen LogP contribution in [0.25, 0.3) is 0 Å². The highest BCUT2D eigenvalue weighted by atomic mass is 31.3. The number of halogens is 6. The topological polar surface area (TPSA) is 621 Å².